The number of hydrogen-bond donors (Lipinski definition) is 1. The van der Waals surface area contributed by atoms with Gasteiger partial charge in [-0.2, -0.15) is 0 Å². The van der Waals surface area contributed by atoms with Gasteiger partial charge in [-0.1, -0.05) is 48.9 Å². The van der Waals surface area contributed by atoms with Gasteiger partial charge in [0, 0.05) is 6.04 Å². The third-order valence-electron chi connectivity index (χ3n) is 5.57. The van der Waals surface area contributed by atoms with E-state index in [-0.39, 0.29) is 18.4 Å². The number of nitrogens with zero attached hydrogens (tertiary/aromatic N) is 1. The van der Waals surface area contributed by atoms with Crippen molar-refractivity contribution in [3.63, 3.8) is 0 Å². The number of hydrogen-bond acceptors (Lipinski definition) is 2. The van der Waals surface area contributed by atoms with Crippen LogP contribution < -0.4 is 0 Å². The number of piperidine rings is 1. The topological polar surface area (TPSA) is 40.5 Å². The molecule has 0 spiro atoms. The lowest BCUT2D eigenvalue weighted by Crippen LogP contribution is -2.53. The van der Waals surface area contributed by atoms with Crippen LogP contribution in [0.1, 0.15) is 38.7 Å². The van der Waals surface area contributed by atoms with Crippen LogP contribution >= 0.6 is 12.4 Å². The molecule has 1 saturated heterocycles. The van der Waals surface area contributed by atoms with E-state index in [2.05, 4.69) is 11.8 Å². The second-order valence-corrected chi connectivity index (χ2v) is 6.81. The fourth-order valence-corrected chi connectivity index (χ4v) is 3.87. The summed E-state index contributed by atoms with van der Waals surface area (Å²) in [6.07, 6.45) is 3.58. The first-order valence-corrected chi connectivity index (χ1v) is 8.51. The van der Waals surface area contributed by atoms with Crippen molar-refractivity contribution in [2.75, 3.05) is 13.1 Å². The lowest BCUT2D eigenvalue weighted by molar-refractivity contribution is -0.146. The van der Waals surface area contributed by atoms with Crippen molar-refractivity contribution < 1.29 is 9.90 Å². The molecule has 3 nitrogen and oxygen atoms in total. The minimum absolute atomic E-state index is 0. The van der Waals surface area contributed by atoms with Gasteiger partial charge in [-0.3, -0.25) is 9.69 Å². The normalized spacial score (nSPS) is 19.2. The Kier molecular flexibility index (Phi) is 5.89. The summed E-state index contributed by atoms with van der Waals surface area (Å²) in [5.74, 6) is -0.744. The first kappa shape index (κ1) is 18.8. The number of likely N-dealkylation sites (tertiary alicyclic amines) is 1. The zero-order valence-electron chi connectivity index (χ0n) is 14.4. The molecule has 0 saturated carbocycles. The van der Waals surface area contributed by atoms with Gasteiger partial charge < -0.3 is 5.11 Å². The second kappa shape index (κ2) is 7.54. The maximum Gasteiger partial charge on any atom is 0.315 e. The van der Waals surface area contributed by atoms with E-state index < -0.39 is 11.4 Å². The predicted molar refractivity (Wildman–Crippen MR) is 101 cm³/mol. The minimum atomic E-state index is -0.918. The summed E-state index contributed by atoms with van der Waals surface area (Å²) in [6.45, 7) is 5.95. The van der Waals surface area contributed by atoms with Crippen molar-refractivity contribution in [2.45, 2.75) is 44.6 Å². The number of fused-ring (bicyclic) bond motifs is 1. The Morgan fingerprint density at radius 3 is 2.38 bits per heavy atom. The van der Waals surface area contributed by atoms with Crippen molar-refractivity contribution in [3.05, 3.63) is 48.0 Å². The molecule has 1 fully saturated rings. The molecule has 0 radical (unpaired) electrons. The molecule has 24 heavy (non-hydrogen) atoms. The molecule has 4 heteroatoms. The lowest BCUT2D eigenvalue weighted by Gasteiger charge is -2.42. The zero-order chi connectivity index (χ0) is 16.4. The number of rotatable bonds is 4. The van der Waals surface area contributed by atoms with Crippen molar-refractivity contribution >= 4 is 29.1 Å². The summed E-state index contributed by atoms with van der Waals surface area (Å²) in [4.78, 5) is 14.7. The minimum Gasteiger partial charge on any atom is -0.481 e. The Morgan fingerprint density at radius 1 is 1.08 bits per heavy atom. The monoisotopic (exact) mass is 347 g/mol. The van der Waals surface area contributed by atoms with Gasteiger partial charge >= 0.3 is 5.97 Å². The molecule has 130 valence electrons. The van der Waals surface area contributed by atoms with Crippen LogP contribution in [-0.4, -0.2) is 35.1 Å². The Morgan fingerprint density at radius 2 is 1.71 bits per heavy atom. The molecule has 3 rings (SSSR count). The molecule has 0 aromatic heterocycles. The molecular weight excluding hydrogens is 322 g/mol. The highest BCUT2D eigenvalue weighted by Crippen LogP contribution is 2.36. The van der Waals surface area contributed by atoms with Gasteiger partial charge in [0.05, 0.1) is 0 Å². The molecule has 2 aromatic rings. The molecule has 2 aromatic carbocycles. The second-order valence-electron chi connectivity index (χ2n) is 6.81. The van der Waals surface area contributed by atoms with Crippen LogP contribution in [0.4, 0.5) is 0 Å². The van der Waals surface area contributed by atoms with E-state index in [0.717, 1.165) is 42.3 Å². The largest absolute Gasteiger partial charge is 0.481 e. The summed E-state index contributed by atoms with van der Waals surface area (Å²) < 4.78 is 0. The smallest absolute Gasteiger partial charge is 0.315 e. The molecule has 2 unspecified atom stereocenters. The number of benzene rings is 2. The van der Waals surface area contributed by atoms with E-state index in [0.29, 0.717) is 0 Å². The van der Waals surface area contributed by atoms with Gasteiger partial charge in [-0.15, -0.1) is 12.4 Å². The number of halogens is 1. The van der Waals surface area contributed by atoms with E-state index in [1.165, 1.54) is 6.42 Å². The summed E-state index contributed by atoms with van der Waals surface area (Å²) in [5.41, 5.74) is -0.000696. The van der Waals surface area contributed by atoms with Crippen molar-refractivity contribution in [1.82, 2.24) is 4.90 Å². The van der Waals surface area contributed by atoms with Gasteiger partial charge in [0.1, 0.15) is 5.41 Å². The first-order chi connectivity index (χ1) is 11.0. The Hall–Kier alpha value is -1.58. The van der Waals surface area contributed by atoms with Gasteiger partial charge in [-0.25, -0.2) is 0 Å². The van der Waals surface area contributed by atoms with E-state index in [1.54, 1.807) is 0 Å². The zero-order valence-corrected chi connectivity index (χ0v) is 15.2. The molecule has 0 amide bonds. The maximum atomic E-state index is 12.3. The standard InChI is InChI=1S/C20H25NO2.ClH/c1-15(21-13-6-3-7-14-21)20(2,19(22)23)18-12-8-10-16-9-4-5-11-17(16)18;/h4-5,8-12,15H,3,6-7,13-14H2,1-2H3,(H,22,23);1H. The van der Waals surface area contributed by atoms with E-state index >= 15 is 0 Å². The third-order valence-corrected chi connectivity index (χ3v) is 5.57. The van der Waals surface area contributed by atoms with Crippen LogP contribution in [0.2, 0.25) is 0 Å². The van der Waals surface area contributed by atoms with Crippen molar-refractivity contribution in [1.29, 1.82) is 0 Å². The van der Waals surface area contributed by atoms with E-state index in [1.807, 2.05) is 49.4 Å². The van der Waals surface area contributed by atoms with Crippen LogP contribution in [0.3, 0.4) is 0 Å². The van der Waals surface area contributed by atoms with E-state index in [4.69, 9.17) is 0 Å². The van der Waals surface area contributed by atoms with Crippen LogP contribution in [0, 0.1) is 0 Å². The van der Waals surface area contributed by atoms with Crippen molar-refractivity contribution in [2.24, 2.45) is 0 Å². The Labute approximate surface area is 150 Å². The predicted octanol–water partition coefficient (Wildman–Crippen LogP) is 4.48. The number of carbonyl (C=O) groups is 1. The Bertz CT molecular complexity index is 706. The fraction of sp³-hybridized carbons (Fsp3) is 0.450. The van der Waals surface area contributed by atoms with Crippen LogP contribution in [0.5, 0.6) is 0 Å². The summed E-state index contributed by atoms with van der Waals surface area (Å²) in [6, 6.07) is 14.0. The SMILES string of the molecule is CC(N1CCCCC1)C(C)(C(=O)O)c1cccc2ccccc12.Cl. The molecule has 2 atom stereocenters. The van der Waals surface area contributed by atoms with E-state index in [9.17, 15) is 9.90 Å². The highest BCUT2D eigenvalue weighted by atomic mass is 35.5. The lowest BCUT2D eigenvalue weighted by atomic mass is 9.73. The quantitative estimate of drug-likeness (QED) is 0.886. The molecule has 1 aliphatic heterocycles. The first-order valence-electron chi connectivity index (χ1n) is 8.51. The average Bonchev–Trinajstić information content (AvgIpc) is 2.60. The summed E-state index contributed by atoms with van der Waals surface area (Å²) in [5, 5.41) is 12.3. The van der Waals surface area contributed by atoms with Gasteiger partial charge in [0.25, 0.3) is 0 Å². The summed E-state index contributed by atoms with van der Waals surface area (Å²) in [7, 11) is 0. The number of carboxylic acid groups (broad SMARTS) is 1. The van der Waals surface area contributed by atoms with Gasteiger partial charge in [0.2, 0.25) is 0 Å². The molecule has 1 aliphatic rings. The highest BCUT2D eigenvalue weighted by molar-refractivity contribution is 5.93. The van der Waals surface area contributed by atoms with Gasteiger partial charge in [0.15, 0.2) is 0 Å². The Balaban J connectivity index is 0.00000208. The maximum absolute atomic E-state index is 12.3. The average molecular weight is 348 g/mol. The van der Waals surface area contributed by atoms with Gasteiger partial charge in [-0.05, 0) is 56.1 Å². The molecule has 1 heterocycles. The number of aliphatic carboxylic acids is 1. The van der Waals surface area contributed by atoms with Crippen LogP contribution in [-0.2, 0) is 10.2 Å². The van der Waals surface area contributed by atoms with Crippen LogP contribution in [0.15, 0.2) is 42.5 Å². The van der Waals surface area contributed by atoms with Crippen molar-refractivity contribution in [3.8, 4) is 0 Å². The third kappa shape index (κ3) is 3.15. The molecule has 0 aliphatic carbocycles. The molecular formula is C20H26ClNO2. The fourth-order valence-electron chi connectivity index (χ4n) is 3.87. The molecule has 1 N–H and O–H groups in total. The number of carboxylic acids is 1. The highest BCUT2D eigenvalue weighted by Gasteiger charge is 2.44. The molecule has 0 bridgehead atoms. The summed E-state index contributed by atoms with van der Waals surface area (Å²) >= 11 is 0. The van der Waals surface area contributed by atoms with Crippen LogP contribution in [0.25, 0.3) is 10.8 Å².